The summed E-state index contributed by atoms with van der Waals surface area (Å²) in [4.78, 5) is 8.70. The maximum Gasteiger partial charge on any atom is 0.416 e. The van der Waals surface area contributed by atoms with Gasteiger partial charge in [-0.3, -0.25) is 0 Å². The van der Waals surface area contributed by atoms with E-state index in [0.29, 0.717) is 35.5 Å². The quantitative estimate of drug-likeness (QED) is 0.442. The molecule has 8 heteroatoms. The molecule has 0 unspecified atom stereocenters. The predicted molar refractivity (Wildman–Crippen MR) is 109 cm³/mol. The molecule has 2 aromatic heterocycles. The molecule has 5 nitrogen and oxygen atoms in total. The third kappa shape index (κ3) is 3.86. The van der Waals surface area contributed by atoms with Crippen LogP contribution >= 0.6 is 0 Å². The highest BCUT2D eigenvalue weighted by Crippen LogP contribution is 2.36. The molecule has 0 saturated heterocycles. The molecule has 2 N–H and O–H groups in total. The molecule has 0 amide bonds. The standard InChI is InChI=1S/C22H19F3N4O/c23-22(24,25)16-8-4-9-17(12-16)29-13-18(15-6-2-1-3-7-15)19-20(26-10-5-11-30)27-14-28-21(19)29/h1-4,6-9,12-14,30H,5,10-11H2,(H,26,27,28). The van der Waals surface area contributed by atoms with E-state index in [4.69, 9.17) is 5.11 Å². The van der Waals surface area contributed by atoms with Crippen molar-refractivity contribution < 1.29 is 18.3 Å². The fourth-order valence-electron chi connectivity index (χ4n) is 3.35. The van der Waals surface area contributed by atoms with Gasteiger partial charge in [0.05, 0.1) is 10.9 Å². The average molecular weight is 412 g/mol. The van der Waals surface area contributed by atoms with Gasteiger partial charge in [-0.25, -0.2) is 9.97 Å². The van der Waals surface area contributed by atoms with Gasteiger partial charge in [0.15, 0.2) is 5.65 Å². The number of hydrogen-bond donors (Lipinski definition) is 2. The number of hydrogen-bond acceptors (Lipinski definition) is 4. The SMILES string of the molecule is OCCCNc1ncnc2c1c(-c1ccccc1)cn2-c1cccc(C(F)(F)F)c1. The van der Waals surface area contributed by atoms with Crippen molar-refractivity contribution in [1.29, 1.82) is 0 Å². The third-order valence-corrected chi connectivity index (χ3v) is 4.75. The fourth-order valence-corrected chi connectivity index (χ4v) is 3.35. The van der Waals surface area contributed by atoms with Gasteiger partial charge in [0.2, 0.25) is 0 Å². The second-order valence-electron chi connectivity index (χ2n) is 6.75. The maximum atomic E-state index is 13.2. The molecule has 0 aliphatic heterocycles. The van der Waals surface area contributed by atoms with Crippen LogP contribution in [-0.4, -0.2) is 32.8 Å². The number of nitrogens with zero attached hydrogens (tertiary/aromatic N) is 3. The van der Waals surface area contributed by atoms with Crippen LogP contribution in [-0.2, 0) is 6.18 Å². The number of aliphatic hydroxyl groups is 1. The fraction of sp³-hybridized carbons (Fsp3) is 0.182. The van der Waals surface area contributed by atoms with Crippen LogP contribution in [0.2, 0.25) is 0 Å². The van der Waals surface area contributed by atoms with Crippen molar-refractivity contribution in [2.24, 2.45) is 0 Å². The number of nitrogens with one attached hydrogen (secondary N) is 1. The first-order valence-corrected chi connectivity index (χ1v) is 9.43. The van der Waals surface area contributed by atoms with E-state index in [9.17, 15) is 13.2 Å². The molecular weight excluding hydrogens is 393 g/mol. The zero-order chi connectivity index (χ0) is 21.1. The van der Waals surface area contributed by atoms with E-state index in [0.717, 1.165) is 23.3 Å². The normalized spacial score (nSPS) is 11.7. The second-order valence-corrected chi connectivity index (χ2v) is 6.75. The molecule has 0 saturated carbocycles. The summed E-state index contributed by atoms with van der Waals surface area (Å²) in [5.41, 5.74) is 1.83. The topological polar surface area (TPSA) is 63.0 Å². The zero-order valence-electron chi connectivity index (χ0n) is 15.9. The minimum absolute atomic E-state index is 0.0397. The van der Waals surface area contributed by atoms with Gasteiger partial charge in [-0.15, -0.1) is 0 Å². The number of halogens is 3. The van der Waals surface area contributed by atoms with Crippen LogP contribution < -0.4 is 5.32 Å². The average Bonchev–Trinajstić information content (AvgIpc) is 3.15. The lowest BCUT2D eigenvalue weighted by molar-refractivity contribution is -0.137. The van der Waals surface area contributed by atoms with Crippen LogP contribution in [0.15, 0.2) is 67.1 Å². The lowest BCUT2D eigenvalue weighted by Crippen LogP contribution is -2.07. The summed E-state index contributed by atoms with van der Waals surface area (Å²) in [6, 6.07) is 14.7. The molecule has 0 spiro atoms. The molecule has 2 aromatic carbocycles. The van der Waals surface area contributed by atoms with Crippen molar-refractivity contribution >= 4 is 16.9 Å². The maximum absolute atomic E-state index is 13.2. The Morgan fingerprint density at radius 1 is 1.00 bits per heavy atom. The van der Waals surface area contributed by atoms with Crippen molar-refractivity contribution in [2.75, 3.05) is 18.5 Å². The number of aromatic nitrogens is 3. The lowest BCUT2D eigenvalue weighted by Gasteiger charge is -2.10. The Morgan fingerprint density at radius 2 is 1.80 bits per heavy atom. The molecule has 154 valence electrons. The Kier molecular flexibility index (Phi) is 5.41. The van der Waals surface area contributed by atoms with Crippen molar-refractivity contribution in [3.63, 3.8) is 0 Å². The first-order valence-electron chi connectivity index (χ1n) is 9.43. The Hall–Kier alpha value is -3.39. The number of aliphatic hydroxyl groups excluding tert-OH is 1. The summed E-state index contributed by atoms with van der Waals surface area (Å²) >= 11 is 0. The smallest absolute Gasteiger partial charge is 0.396 e. The summed E-state index contributed by atoms with van der Waals surface area (Å²) in [6.45, 7) is 0.545. The molecule has 0 aliphatic rings. The van der Waals surface area contributed by atoms with Crippen molar-refractivity contribution in [1.82, 2.24) is 14.5 Å². The summed E-state index contributed by atoms with van der Waals surface area (Å²) in [5.74, 6) is 0.568. The van der Waals surface area contributed by atoms with E-state index in [2.05, 4.69) is 15.3 Å². The highest BCUT2D eigenvalue weighted by atomic mass is 19.4. The van der Waals surface area contributed by atoms with Gasteiger partial charge in [0.1, 0.15) is 12.1 Å². The minimum Gasteiger partial charge on any atom is -0.396 e. The van der Waals surface area contributed by atoms with E-state index in [1.807, 2.05) is 30.3 Å². The predicted octanol–water partition coefficient (Wildman–Crippen LogP) is 4.90. The minimum atomic E-state index is -4.44. The Labute approximate surface area is 170 Å². The molecule has 0 aliphatic carbocycles. The van der Waals surface area contributed by atoms with Crippen molar-refractivity contribution in [3.8, 4) is 16.8 Å². The van der Waals surface area contributed by atoms with Crippen LogP contribution in [0.4, 0.5) is 19.0 Å². The van der Waals surface area contributed by atoms with Crippen LogP contribution in [0.25, 0.3) is 27.8 Å². The molecule has 0 fully saturated rings. The van der Waals surface area contributed by atoms with Gasteiger partial charge >= 0.3 is 6.18 Å². The van der Waals surface area contributed by atoms with Gasteiger partial charge in [-0.1, -0.05) is 36.4 Å². The molecule has 4 aromatic rings. The molecule has 2 heterocycles. The summed E-state index contributed by atoms with van der Waals surface area (Å²) in [5, 5.41) is 13.0. The number of alkyl halides is 3. The van der Waals surface area contributed by atoms with Gasteiger partial charge in [-0.05, 0) is 30.2 Å². The molecule has 30 heavy (non-hydrogen) atoms. The zero-order valence-corrected chi connectivity index (χ0v) is 15.9. The highest BCUT2D eigenvalue weighted by Gasteiger charge is 2.30. The van der Waals surface area contributed by atoms with Crippen LogP contribution in [0.5, 0.6) is 0 Å². The Bertz CT molecular complexity index is 1160. The molecule has 0 bridgehead atoms. The summed E-state index contributed by atoms with van der Waals surface area (Å²) in [6.07, 6.45) is -0.738. The molecule has 0 atom stereocenters. The highest BCUT2D eigenvalue weighted by molar-refractivity contribution is 6.02. The van der Waals surface area contributed by atoms with E-state index >= 15 is 0 Å². The number of anilines is 1. The van der Waals surface area contributed by atoms with Crippen LogP contribution in [0.1, 0.15) is 12.0 Å². The van der Waals surface area contributed by atoms with Crippen molar-refractivity contribution in [3.05, 3.63) is 72.7 Å². The first kappa shape index (κ1) is 19.9. The lowest BCUT2D eigenvalue weighted by atomic mass is 10.1. The van der Waals surface area contributed by atoms with Crippen LogP contribution in [0.3, 0.4) is 0 Å². The molecular formula is C22H19F3N4O. The van der Waals surface area contributed by atoms with Crippen LogP contribution in [0, 0.1) is 0 Å². The molecule has 0 radical (unpaired) electrons. The summed E-state index contributed by atoms with van der Waals surface area (Å²) < 4.78 is 41.4. The van der Waals surface area contributed by atoms with Gasteiger partial charge in [0, 0.05) is 30.6 Å². The monoisotopic (exact) mass is 412 g/mol. The summed E-state index contributed by atoms with van der Waals surface area (Å²) in [7, 11) is 0. The van der Waals surface area contributed by atoms with E-state index < -0.39 is 11.7 Å². The number of benzene rings is 2. The van der Waals surface area contributed by atoms with E-state index in [-0.39, 0.29) is 6.61 Å². The number of fused-ring (bicyclic) bond motifs is 1. The van der Waals surface area contributed by atoms with E-state index in [1.165, 1.54) is 12.4 Å². The third-order valence-electron chi connectivity index (χ3n) is 4.75. The Morgan fingerprint density at radius 3 is 2.53 bits per heavy atom. The van der Waals surface area contributed by atoms with Gasteiger partial charge in [-0.2, -0.15) is 13.2 Å². The largest absolute Gasteiger partial charge is 0.416 e. The number of rotatable bonds is 6. The first-order chi connectivity index (χ1) is 14.5. The van der Waals surface area contributed by atoms with Gasteiger partial charge < -0.3 is 15.0 Å². The van der Waals surface area contributed by atoms with E-state index in [1.54, 1.807) is 16.8 Å². The Balaban J connectivity index is 1.93. The second kappa shape index (κ2) is 8.16. The molecule has 4 rings (SSSR count). The van der Waals surface area contributed by atoms with Gasteiger partial charge in [0.25, 0.3) is 0 Å². The van der Waals surface area contributed by atoms with Crippen molar-refractivity contribution in [2.45, 2.75) is 12.6 Å².